The standard InChI is InChI=1S/C27H26FN3O2/c1-30-10-12-31(13-11-30)17-18-2-4-19(5-3-18)21-15-23-22(7-9-26(23)29-16-21)20-6-8-25(28)24(14-20)27(32)33/h2-8,14-16H,9-13,17H2,1H3,(H,32,33). The van der Waals surface area contributed by atoms with Gasteiger partial charge in [0.2, 0.25) is 0 Å². The first-order valence-electron chi connectivity index (χ1n) is 11.2. The second kappa shape index (κ2) is 8.89. The third-order valence-corrected chi connectivity index (χ3v) is 6.56. The van der Waals surface area contributed by atoms with E-state index in [0.29, 0.717) is 12.0 Å². The monoisotopic (exact) mass is 443 g/mol. The molecule has 33 heavy (non-hydrogen) atoms. The lowest BCUT2D eigenvalue weighted by molar-refractivity contribution is 0.0692. The molecule has 2 heterocycles. The lowest BCUT2D eigenvalue weighted by atomic mass is 9.96. The molecule has 2 aromatic carbocycles. The van der Waals surface area contributed by atoms with E-state index in [1.165, 1.54) is 17.7 Å². The van der Waals surface area contributed by atoms with Crippen LogP contribution < -0.4 is 0 Å². The van der Waals surface area contributed by atoms with Crippen LogP contribution in [0.1, 0.15) is 32.7 Å². The molecule has 6 heteroatoms. The number of hydrogen-bond donors (Lipinski definition) is 1. The Bertz CT molecular complexity index is 1230. The molecule has 1 aliphatic heterocycles. The Balaban J connectivity index is 1.37. The molecule has 1 saturated heterocycles. The number of piperazine rings is 1. The molecule has 2 aliphatic rings. The fourth-order valence-electron chi connectivity index (χ4n) is 4.55. The molecule has 5 nitrogen and oxygen atoms in total. The lowest BCUT2D eigenvalue weighted by Crippen LogP contribution is -2.43. The Labute approximate surface area is 192 Å². The van der Waals surface area contributed by atoms with Crippen molar-refractivity contribution in [3.05, 3.63) is 94.6 Å². The normalized spacial score (nSPS) is 16.5. The van der Waals surface area contributed by atoms with E-state index in [9.17, 15) is 14.3 Å². The second-order valence-corrected chi connectivity index (χ2v) is 8.82. The van der Waals surface area contributed by atoms with Crippen LogP contribution in [0.25, 0.3) is 16.7 Å². The number of carboxylic acids is 1. The van der Waals surface area contributed by atoms with Gasteiger partial charge in [0.05, 0.1) is 11.3 Å². The summed E-state index contributed by atoms with van der Waals surface area (Å²) in [4.78, 5) is 20.9. The summed E-state index contributed by atoms with van der Waals surface area (Å²) in [6, 6.07) is 15.0. The van der Waals surface area contributed by atoms with Crippen molar-refractivity contribution in [2.75, 3.05) is 33.2 Å². The molecule has 3 aromatic rings. The number of carbonyl (C=O) groups is 1. The molecule has 0 spiro atoms. The summed E-state index contributed by atoms with van der Waals surface area (Å²) in [5, 5.41) is 9.28. The van der Waals surface area contributed by atoms with Crippen molar-refractivity contribution in [2.24, 2.45) is 0 Å². The first-order valence-corrected chi connectivity index (χ1v) is 11.2. The molecule has 168 valence electrons. The Hall–Kier alpha value is -3.35. The van der Waals surface area contributed by atoms with Crippen LogP contribution in [0, 0.1) is 5.82 Å². The largest absolute Gasteiger partial charge is 0.478 e. The summed E-state index contributed by atoms with van der Waals surface area (Å²) in [7, 11) is 2.17. The van der Waals surface area contributed by atoms with Crippen LogP contribution in [-0.2, 0) is 13.0 Å². The molecule has 1 aliphatic carbocycles. The molecule has 0 atom stereocenters. The number of rotatable bonds is 5. The van der Waals surface area contributed by atoms with Gasteiger partial charge in [-0.1, -0.05) is 36.4 Å². The van der Waals surface area contributed by atoms with Crippen LogP contribution >= 0.6 is 0 Å². The summed E-state index contributed by atoms with van der Waals surface area (Å²) >= 11 is 0. The van der Waals surface area contributed by atoms with Gasteiger partial charge in [0.1, 0.15) is 5.82 Å². The van der Waals surface area contributed by atoms with E-state index in [2.05, 4.69) is 52.2 Å². The smallest absolute Gasteiger partial charge is 0.338 e. The number of nitrogens with zero attached hydrogens (tertiary/aromatic N) is 3. The number of aromatic nitrogens is 1. The van der Waals surface area contributed by atoms with Crippen molar-refractivity contribution in [1.29, 1.82) is 0 Å². The highest BCUT2D eigenvalue weighted by atomic mass is 19.1. The van der Waals surface area contributed by atoms with Gasteiger partial charge in [-0.15, -0.1) is 0 Å². The number of allylic oxidation sites excluding steroid dienone is 1. The molecule has 0 bridgehead atoms. The fraction of sp³-hybridized carbons (Fsp3) is 0.259. The van der Waals surface area contributed by atoms with Gasteiger partial charge in [0.25, 0.3) is 0 Å². The molecule has 0 amide bonds. The van der Waals surface area contributed by atoms with Crippen LogP contribution in [-0.4, -0.2) is 59.1 Å². The Morgan fingerprint density at radius 2 is 1.73 bits per heavy atom. The third kappa shape index (κ3) is 4.45. The minimum atomic E-state index is -1.27. The van der Waals surface area contributed by atoms with Crippen LogP contribution in [0.15, 0.2) is 60.8 Å². The highest BCUT2D eigenvalue weighted by Crippen LogP contribution is 2.35. The van der Waals surface area contributed by atoms with Crippen LogP contribution in [0.5, 0.6) is 0 Å². The summed E-state index contributed by atoms with van der Waals surface area (Å²) < 4.78 is 13.9. The van der Waals surface area contributed by atoms with Crippen molar-refractivity contribution < 1.29 is 14.3 Å². The lowest BCUT2D eigenvalue weighted by Gasteiger charge is -2.32. The van der Waals surface area contributed by atoms with Gasteiger partial charge in [-0.05, 0) is 47.5 Å². The third-order valence-electron chi connectivity index (χ3n) is 6.56. The maximum Gasteiger partial charge on any atom is 0.338 e. The van der Waals surface area contributed by atoms with Gasteiger partial charge < -0.3 is 10.0 Å². The zero-order valence-corrected chi connectivity index (χ0v) is 18.6. The number of benzene rings is 2. The zero-order valence-electron chi connectivity index (χ0n) is 18.6. The van der Waals surface area contributed by atoms with Crippen molar-refractivity contribution in [2.45, 2.75) is 13.0 Å². The number of halogens is 1. The van der Waals surface area contributed by atoms with E-state index >= 15 is 0 Å². The van der Waals surface area contributed by atoms with Gasteiger partial charge >= 0.3 is 5.97 Å². The van der Waals surface area contributed by atoms with Crippen LogP contribution in [0.2, 0.25) is 0 Å². The van der Waals surface area contributed by atoms with Crippen molar-refractivity contribution >= 4 is 11.5 Å². The fourth-order valence-corrected chi connectivity index (χ4v) is 4.55. The second-order valence-electron chi connectivity index (χ2n) is 8.82. The average Bonchev–Trinajstić information content (AvgIpc) is 3.24. The van der Waals surface area contributed by atoms with Gasteiger partial charge in [0.15, 0.2) is 0 Å². The maximum absolute atomic E-state index is 13.9. The number of aromatic carboxylic acids is 1. The molecular formula is C27H26FN3O2. The van der Waals surface area contributed by atoms with Crippen molar-refractivity contribution in [3.8, 4) is 11.1 Å². The molecule has 1 fully saturated rings. The summed E-state index contributed by atoms with van der Waals surface area (Å²) in [6.45, 7) is 5.36. The molecule has 0 radical (unpaired) electrons. The predicted molar refractivity (Wildman–Crippen MR) is 127 cm³/mol. The average molecular weight is 444 g/mol. The van der Waals surface area contributed by atoms with E-state index in [1.54, 1.807) is 6.07 Å². The molecule has 5 rings (SSSR count). The topological polar surface area (TPSA) is 56.7 Å². The van der Waals surface area contributed by atoms with Gasteiger partial charge in [-0.2, -0.15) is 0 Å². The number of carboxylic acid groups (broad SMARTS) is 1. The SMILES string of the molecule is CN1CCN(Cc2ccc(-c3cnc4c(c3)C(c3ccc(F)c(C(=O)O)c3)=CC4)cc2)CC1. The van der Waals surface area contributed by atoms with Gasteiger partial charge in [-0.3, -0.25) is 9.88 Å². The number of likely N-dealkylation sites (N-methyl/N-ethyl adjacent to an activating group) is 1. The van der Waals surface area contributed by atoms with Crippen molar-refractivity contribution in [1.82, 2.24) is 14.8 Å². The molecule has 1 N–H and O–H groups in total. The Morgan fingerprint density at radius 1 is 1.00 bits per heavy atom. The van der Waals surface area contributed by atoms with Gasteiger partial charge in [0, 0.05) is 56.5 Å². The maximum atomic E-state index is 13.9. The summed E-state index contributed by atoms with van der Waals surface area (Å²) in [6.07, 6.45) is 4.59. The van der Waals surface area contributed by atoms with E-state index in [-0.39, 0.29) is 5.56 Å². The first-order chi connectivity index (χ1) is 16.0. The molecule has 0 saturated carbocycles. The predicted octanol–water partition coefficient (Wildman–Crippen LogP) is 4.32. The Morgan fingerprint density at radius 3 is 2.45 bits per heavy atom. The first kappa shape index (κ1) is 21.5. The van der Waals surface area contributed by atoms with Crippen LogP contribution in [0.4, 0.5) is 4.39 Å². The number of pyridine rings is 1. The van der Waals surface area contributed by atoms with E-state index in [1.807, 2.05) is 12.3 Å². The van der Waals surface area contributed by atoms with E-state index < -0.39 is 11.8 Å². The Kier molecular flexibility index (Phi) is 5.79. The number of fused-ring (bicyclic) bond motifs is 1. The molecule has 1 aromatic heterocycles. The minimum absolute atomic E-state index is 0.318. The van der Waals surface area contributed by atoms with E-state index in [0.717, 1.165) is 60.7 Å². The zero-order chi connectivity index (χ0) is 22.9. The minimum Gasteiger partial charge on any atom is -0.478 e. The van der Waals surface area contributed by atoms with E-state index in [4.69, 9.17) is 0 Å². The molecular weight excluding hydrogens is 417 g/mol. The highest BCUT2D eigenvalue weighted by Gasteiger charge is 2.20. The van der Waals surface area contributed by atoms with Crippen LogP contribution in [0.3, 0.4) is 0 Å². The highest BCUT2D eigenvalue weighted by molar-refractivity contribution is 5.92. The molecule has 0 unspecified atom stereocenters. The number of hydrogen-bond acceptors (Lipinski definition) is 4. The summed E-state index contributed by atoms with van der Waals surface area (Å²) in [5.74, 6) is -2.00. The van der Waals surface area contributed by atoms with Crippen molar-refractivity contribution in [3.63, 3.8) is 0 Å². The summed E-state index contributed by atoms with van der Waals surface area (Å²) in [5.41, 5.74) is 6.57. The quantitative estimate of drug-likeness (QED) is 0.637. The van der Waals surface area contributed by atoms with Gasteiger partial charge in [-0.25, -0.2) is 9.18 Å².